The Kier molecular flexibility index (Phi) is 3.45. The molecular weight excluding hydrogens is 184 g/mol. The van der Waals surface area contributed by atoms with Crippen LogP contribution in [0.2, 0.25) is 0 Å². The van der Waals surface area contributed by atoms with Crippen LogP contribution in [0.25, 0.3) is 0 Å². The average Bonchev–Trinajstić information content (AvgIpc) is 2.27. The van der Waals surface area contributed by atoms with Crippen molar-refractivity contribution in [3.63, 3.8) is 0 Å². The molecule has 1 aliphatic carbocycles. The van der Waals surface area contributed by atoms with Crippen molar-refractivity contribution >= 4 is 11.9 Å². The molecule has 0 aromatic rings. The maximum Gasteiger partial charge on any atom is 0.313 e. The lowest BCUT2D eigenvalue weighted by molar-refractivity contribution is -0.153. The van der Waals surface area contributed by atoms with Crippen LogP contribution in [0.5, 0.6) is 0 Å². The molecule has 0 bridgehead atoms. The second kappa shape index (κ2) is 4.60. The molecule has 1 rings (SSSR count). The smallest absolute Gasteiger partial charge is 0.313 e. The number of methoxy groups -OCH3 is 2. The van der Waals surface area contributed by atoms with E-state index >= 15 is 0 Å². The molecule has 4 nitrogen and oxygen atoms in total. The van der Waals surface area contributed by atoms with E-state index < -0.39 is 23.8 Å². The number of carbonyl (C=O) groups excluding carboxylic acids is 2. The third-order valence-electron chi connectivity index (χ3n) is 2.08. The zero-order valence-corrected chi connectivity index (χ0v) is 8.10. The van der Waals surface area contributed by atoms with Crippen molar-refractivity contribution in [1.29, 1.82) is 0 Å². The van der Waals surface area contributed by atoms with Crippen LogP contribution < -0.4 is 0 Å². The topological polar surface area (TPSA) is 52.6 Å². The van der Waals surface area contributed by atoms with E-state index in [2.05, 4.69) is 9.47 Å². The van der Waals surface area contributed by atoms with E-state index in [4.69, 9.17) is 0 Å². The first kappa shape index (κ1) is 10.5. The molecule has 4 heteroatoms. The highest BCUT2D eigenvalue weighted by Gasteiger charge is 2.32. The summed E-state index contributed by atoms with van der Waals surface area (Å²) in [4.78, 5) is 22.6. The number of ether oxygens (including phenoxy) is 2. The Morgan fingerprint density at radius 3 is 1.57 bits per heavy atom. The van der Waals surface area contributed by atoms with Crippen LogP contribution >= 0.6 is 0 Å². The van der Waals surface area contributed by atoms with Crippen LogP contribution in [0.4, 0.5) is 0 Å². The highest BCUT2D eigenvalue weighted by atomic mass is 16.5. The van der Waals surface area contributed by atoms with Gasteiger partial charge in [0.2, 0.25) is 0 Å². The van der Waals surface area contributed by atoms with Crippen molar-refractivity contribution in [2.75, 3.05) is 14.2 Å². The fraction of sp³-hybridized carbons (Fsp3) is 0.400. The second-order valence-corrected chi connectivity index (χ2v) is 2.87. The van der Waals surface area contributed by atoms with Gasteiger partial charge in [-0.3, -0.25) is 9.59 Å². The first-order chi connectivity index (χ1) is 6.70. The van der Waals surface area contributed by atoms with Gasteiger partial charge in [-0.1, -0.05) is 24.3 Å². The minimum Gasteiger partial charge on any atom is -0.469 e. The van der Waals surface area contributed by atoms with E-state index in [1.807, 2.05) is 0 Å². The van der Waals surface area contributed by atoms with Crippen LogP contribution in [0.15, 0.2) is 24.3 Å². The largest absolute Gasteiger partial charge is 0.469 e. The van der Waals surface area contributed by atoms with Gasteiger partial charge in [-0.2, -0.15) is 0 Å². The van der Waals surface area contributed by atoms with Gasteiger partial charge in [0, 0.05) is 0 Å². The molecule has 0 N–H and O–H groups in total. The molecule has 0 fully saturated rings. The standard InChI is InChI=1S/C10H12O4/c1-13-9(11)7-5-3-4-6-8(7)10(12)14-2/h3-8H,1-2H3/t7-,8+. The van der Waals surface area contributed by atoms with E-state index in [1.165, 1.54) is 14.2 Å². The molecule has 0 unspecified atom stereocenters. The van der Waals surface area contributed by atoms with Crippen molar-refractivity contribution in [3.05, 3.63) is 24.3 Å². The van der Waals surface area contributed by atoms with Crippen LogP contribution in [0.3, 0.4) is 0 Å². The van der Waals surface area contributed by atoms with Crippen molar-refractivity contribution in [2.45, 2.75) is 0 Å². The predicted octanol–water partition coefficient (Wildman–Crippen LogP) is 0.691. The summed E-state index contributed by atoms with van der Waals surface area (Å²) < 4.78 is 9.17. The third kappa shape index (κ3) is 2.02. The maximum absolute atomic E-state index is 11.3. The average molecular weight is 196 g/mol. The van der Waals surface area contributed by atoms with Gasteiger partial charge in [-0.15, -0.1) is 0 Å². The second-order valence-electron chi connectivity index (χ2n) is 2.87. The number of hydrogen-bond acceptors (Lipinski definition) is 4. The van der Waals surface area contributed by atoms with E-state index in [0.29, 0.717) is 0 Å². The third-order valence-corrected chi connectivity index (χ3v) is 2.08. The van der Waals surface area contributed by atoms with Gasteiger partial charge in [0.15, 0.2) is 0 Å². The molecule has 76 valence electrons. The van der Waals surface area contributed by atoms with Gasteiger partial charge in [0.1, 0.15) is 0 Å². The van der Waals surface area contributed by atoms with Gasteiger partial charge in [0.05, 0.1) is 26.1 Å². The maximum atomic E-state index is 11.3. The van der Waals surface area contributed by atoms with E-state index in [9.17, 15) is 9.59 Å². The lowest BCUT2D eigenvalue weighted by atomic mass is 9.88. The molecule has 1 aliphatic rings. The minimum atomic E-state index is -0.572. The summed E-state index contributed by atoms with van der Waals surface area (Å²) in [6.45, 7) is 0. The molecule has 14 heavy (non-hydrogen) atoms. The molecule has 0 heterocycles. The minimum absolute atomic E-state index is 0.430. The number of esters is 2. The Bertz CT molecular complexity index is 260. The SMILES string of the molecule is COC(=O)[C@H]1C=CC=C[C@H]1C(=O)OC. The normalized spacial score (nSPS) is 24.4. The molecule has 0 aromatic carbocycles. The predicted molar refractivity (Wildman–Crippen MR) is 49.3 cm³/mol. The van der Waals surface area contributed by atoms with E-state index in [0.717, 1.165) is 0 Å². The summed E-state index contributed by atoms with van der Waals surface area (Å²) >= 11 is 0. The highest BCUT2D eigenvalue weighted by molar-refractivity contribution is 5.85. The summed E-state index contributed by atoms with van der Waals surface area (Å²) in [6, 6.07) is 0. The summed E-state index contributed by atoms with van der Waals surface area (Å²) in [7, 11) is 2.59. The summed E-state index contributed by atoms with van der Waals surface area (Å²) in [5, 5.41) is 0. The first-order valence-electron chi connectivity index (χ1n) is 4.21. The van der Waals surface area contributed by atoms with Crippen molar-refractivity contribution < 1.29 is 19.1 Å². The van der Waals surface area contributed by atoms with Crippen molar-refractivity contribution in [1.82, 2.24) is 0 Å². The lowest BCUT2D eigenvalue weighted by Crippen LogP contribution is -2.30. The summed E-state index contributed by atoms with van der Waals surface area (Å²) in [5.74, 6) is -2.00. The van der Waals surface area contributed by atoms with Gasteiger partial charge in [0.25, 0.3) is 0 Å². The molecule has 0 spiro atoms. The molecule has 2 atom stereocenters. The van der Waals surface area contributed by atoms with Gasteiger partial charge < -0.3 is 9.47 Å². The molecule has 0 aliphatic heterocycles. The molecule has 0 amide bonds. The van der Waals surface area contributed by atoms with Crippen LogP contribution in [-0.2, 0) is 19.1 Å². The van der Waals surface area contributed by atoms with Crippen LogP contribution in [0.1, 0.15) is 0 Å². The Morgan fingerprint density at radius 1 is 0.929 bits per heavy atom. The van der Waals surface area contributed by atoms with Gasteiger partial charge in [-0.05, 0) is 0 Å². The monoisotopic (exact) mass is 196 g/mol. The highest BCUT2D eigenvalue weighted by Crippen LogP contribution is 2.22. The zero-order valence-electron chi connectivity index (χ0n) is 8.10. The summed E-state index contributed by atoms with van der Waals surface area (Å²) in [5.41, 5.74) is 0. The molecule has 0 radical (unpaired) electrons. The fourth-order valence-electron chi connectivity index (χ4n) is 1.33. The fourth-order valence-corrected chi connectivity index (χ4v) is 1.33. The van der Waals surface area contributed by atoms with Crippen LogP contribution in [0, 0.1) is 11.8 Å². The Balaban J connectivity index is 2.81. The van der Waals surface area contributed by atoms with Gasteiger partial charge >= 0.3 is 11.9 Å². The van der Waals surface area contributed by atoms with Gasteiger partial charge in [-0.25, -0.2) is 0 Å². The van der Waals surface area contributed by atoms with E-state index in [1.54, 1.807) is 24.3 Å². The molecule has 0 aromatic heterocycles. The number of carbonyl (C=O) groups is 2. The lowest BCUT2D eigenvalue weighted by Gasteiger charge is -2.19. The Labute approximate surface area is 82.2 Å². The van der Waals surface area contributed by atoms with Crippen molar-refractivity contribution in [3.8, 4) is 0 Å². The van der Waals surface area contributed by atoms with Crippen molar-refractivity contribution in [2.24, 2.45) is 11.8 Å². The Morgan fingerprint density at radius 2 is 1.29 bits per heavy atom. The number of rotatable bonds is 2. The molecular formula is C10H12O4. The quantitative estimate of drug-likeness (QED) is 0.610. The number of hydrogen-bond donors (Lipinski definition) is 0. The van der Waals surface area contributed by atoms with E-state index in [-0.39, 0.29) is 0 Å². The molecule has 0 saturated carbocycles. The first-order valence-corrected chi connectivity index (χ1v) is 4.21. The summed E-state index contributed by atoms with van der Waals surface area (Å²) in [6.07, 6.45) is 6.68. The van der Waals surface area contributed by atoms with Crippen LogP contribution in [-0.4, -0.2) is 26.2 Å². The Hall–Kier alpha value is -1.58. The molecule has 0 saturated heterocycles. The number of allylic oxidation sites excluding steroid dienone is 2. The zero-order chi connectivity index (χ0) is 10.6.